The van der Waals surface area contributed by atoms with Crippen LogP contribution in [0.2, 0.25) is 0 Å². The predicted molar refractivity (Wildman–Crippen MR) is 79.9 cm³/mol. The summed E-state index contributed by atoms with van der Waals surface area (Å²) in [5, 5.41) is 2.69. The van der Waals surface area contributed by atoms with Crippen LogP contribution in [0, 0.1) is 0 Å². The Balaban J connectivity index is 2.14. The van der Waals surface area contributed by atoms with E-state index >= 15 is 0 Å². The highest BCUT2D eigenvalue weighted by Gasteiger charge is 2.20. The zero-order chi connectivity index (χ0) is 12.1. The van der Waals surface area contributed by atoms with E-state index in [1.54, 1.807) is 0 Å². The fourth-order valence-electron chi connectivity index (χ4n) is 2.92. The molecular formula is C17H11Br. The molecule has 0 radical (unpaired) electrons. The second-order valence-corrected chi connectivity index (χ2v) is 5.71. The number of hydrogen-bond acceptors (Lipinski definition) is 0. The van der Waals surface area contributed by atoms with Gasteiger partial charge >= 0.3 is 0 Å². The summed E-state index contributed by atoms with van der Waals surface area (Å²) in [7, 11) is 0. The summed E-state index contributed by atoms with van der Waals surface area (Å²) in [6, 6.07) is 19.7. The van der Waals surface area contributed by atoms with E-state index in [-0.39, 0.29) is 0 Å². The van der Waals surface area contributed by atoms with Crippen molar-refractivity contribution in [3.63, 3.8) is 0 Å². The van der Waals surface area contributed by atoms with Crippen molar-refractivity contribution < 1.29 is 0 Å². The van der Waals surface area contributed by atoms with Crippen molar-refractivity contribution in [2.24, 2.45) is 0 Å². The molecule has 86 valence electrons. The summed E-state index contributed by atoms with van der Waals surface area (Å²) in [4.78, 5) is 0. The van der Waals surface area contributed by atoms with E-state index < -0.39 is 0 Å². The summed E-state index contributed by atoms with van der Waals surface area (Å²) in [5.41, 5.74) is 5.69. The standard InChI is InChI=1S/C17H11Br/c18-14-8-7-12-9-13-6-5-11-3-1-2-4-15(11)17(13)16(12)10-14/h1-8,10H,9H2. The van der Waals surface area contributed by atoms with Gasteiger partial charge in [0, 0.05) is 4.47 Å². The highest BCUT2D eigenvalue weighted by molar-refractivity contribution is 9.10. The van der Waals surface area contributed by atoms with Crippen LogP contribution in [-0.4, -0.2) is 0 Å². The molecule has 0 nitrogen and oxygen atoms in total. The lowest BCUT2D eigenvalue weighted by Gasteiger charge is -2.06. The van der Waals surface area contributed by atoms with Crippen molar-refractivity contribution in [3.8, 4) is 11.1 Å². The first kappa shape index (κ1) is 10.3. The fourth-order valence-corrected chi connectivity index (χ4v) is 3.28. The molecule has 0 fully saturated rings. The Morgan fingerprint density at radius 2 is 1.67 bits per heavy atom. The third-order valence-corrected chi connectivity index (χ3v) is 4.23. The molecule has 0 unspecified atom stereocenters. The molecule has 18 heavy (non-hydrogen) atoms. The number of benzene rings is 3. The second kappa shape index (κ2) is 3.69. The van der Waals surface area contributed by atoms with E-state index in [9.17, 15) is 0 Å². The third kappa shape index (κ3) is 1.37. The van der Waals surface area contributed by atoms with E-state index in [4.69, 9.17) is 0 Å². The predicted octanol–water partition coefficient (Wildman–Crippen LogP) is 5.17. The van der Waals surface area contributed by atoms with Gasteiger partial charge in [0.15, 0.2) is 0 Å². The number of hydrogen-bond donors (Lipinski definition) is 0. The molecule has 0 amide bonds. The maximum Gasteiger partial charge on any atom is 0.0181 e. The Hall–Kier alpha value is -1.60. The Labute approximate surface area is 114 Å². The SMILES string of the molecule is Brc1ccc2c(c1)-c1c(ccc3ccccc13)C2. The minimum atomic E-state index is 1.06. The van der Waals surface area contributed by atoms with Gasteiger partial charge in [0.1, 0.15) is 0 Å². The summed E-state index contributed by atoms with van der Waals surface area (Å²) in [6.45, 7) is 0. The van der Waals surface area contributed by atoms with Gasteiger partial charge in [-0.2, -0.15) is 0 Å². The first-order chi connectivity index (χ1) is 8.83. The molecule has 0 heterocycles. The largest absolute Gasteiger partial charge is 0.0616 e. The minimum absolute atomic E-state index is 1.06. The highest BCUT2D eigenvalue weighted by Crippen LogP contribution is 2.42. The van der Waals surface area contributed by atoms with Crippen LogP contribution in [0.25, 0.3) is 21.9 Å². The summed E-state index contributed by atoms with van der Waals surface area (Å²) in [6.07, 6.45) is 1.06. The summed E-state index contributed by atoms with van der Waals surface area (Å²) in [5.74, 6) is 0. The molecular weight excluding hydrogens is 284 g/mol. The van der Waals surface area contributed by atoms with Crippen molar-refractivity contribution in [2.75, 3.05) is 0 Å². The van der Waals surface area contributed by atoms with Crippen molar-refractivity contribution in [1.82, 2.24) is 0 Å². The molecule has 0 aromatic heterocycles. The normalized spacial score (nSPS) is 12.5. The quantitative estimate of drug-likeness (QED) is 0.419. The smallest absolute Gasteiger partial charge is 0.0181 e. The molecule has 1 aliphatic carbocycles. The van der Waals surface area contributed by atoms with Gasteiger partial charge in [-0.15, -0.1) is 0 Å². The first-order valence-corrected chi connectivity index (χ1v) is 6.92. The Kier molecular flexibility index (Phi) is 2.12. The van der Waals surface area contributed by atoms with Crippen molar-refractivity contribution >= 4 is 26.7 Å². The molecule has 0 N–H and O–H groups in total. The number of fused-ring (bicyclic) bond motifs is 5. The molecule has 1 heteroatoms. The number of rotatable bonds is 0. The molecule has 0 bridgehead atoms. The molecule has 1 aliphatic rings. The van der Waals surface area contributed by atoms with E-state index in [0.29, 0.717) is 0 Å². The van der Waals surface area contributed by atoms with Gasteiger partial charge < -0.3 is 0 Å². The van der Waals surface area contributed by atoms with Crippen LogP contribution in [0.4, 0.5) is 0 Å². The zero-order valence-corrected chi connectivity index (χ0v) is 11.4. The monoisotopic (exact) mass is 294 g/mol. The second-order valence-electron chi connectivity index (χ2n) is 4.80. The van der Waals surface area contributed by atoms with Crippen LogP contribution in [0.1, 0.15) is 11.1 Å². The molecule has 0 atom stereocenters. The third-order valence-electron chi connectivity index (χ3n) is 3.74. The summed E-state index contributed by atoms with van der Waals surface area (Å²) < 4.78 is 1.15. The van der Waals surface area contributed by atoms with Gasteiger partial charge in [-0.1, -0.05) is 58.4 Å². The maximum absolute atomic E-state index is 3.58. The first-order valence-electron chi connectivity index (χ1n) is 6.12. The van der Waals surface area contributed by atoms with E-state index in [2.05, 4.69) is 70.5 Å². The van der Waals surface area contributed by atoms with Gasteiger partial charge in [-0.25, -0.2) is 0 Å². The lowest BCUT2D eigenvalue weighted by molar-refractivity contribution is 1.26. The van der Waals surface area contributed by atoms with Gasteiger partial charge in [0.05, 0.1) is 0 Å². The Morgan fingerprint density at radius 3 is 2.61 bits per heavy atom. The average Bonchev–Trinajstić information content (AvgIpc) is 2.77. The molecule has 3 aromatic rings. The van der Waals surface area contributed by atoms with Crippen LogP contribution in [0.3, 0.4) is 0 Å². The van der Waals surface area contributed by atoms with Crippen LogP contribution < -0.4 is 0 Å². The van der Waals surface area contributed by atoms with Gasteiger partial charge in [0.25, 0.3) is 0 Å². The molecule has 4 rings (SSSR count). The Morgan fingerprint density at radius 1 is 0.833 bits per heavy atom. The molecule has 0 spiro atoms. The minimum Gasteiger partial charge on any atom is -0.0616 e. The summed E-state index contributed by atoms with van der Waals surface area (Å²) >= 11 is 3.58. The lowest BCUT2D eigenvalue weighted by atomic mass is 9.98. The van der Waals surface area contributed by atoms with Crippen LogP contribution in [0.15, 0.2) is 59.1 Å². The average molecular weight is 295 g/mol. The fraction of sp³-hybridized carbons (Fsp3) is 0.0588. The van der Waals surface area contributed by atoms with Gasteiger partial charge in [0.2, 0.25) is 0 Å². The van der Waals surface area contributed by atoms with E-state index in [1.165, 1.54) is 33.0 Å². The number of halogens is 1. The van der Waals surface area contributed by atoms with Gasteiger partial charge in [-0.3, -0.25) is 0 Å². The molecule has 0 aliphatic heterocycles. The van der Waals surface area contributed by atoms with Crippen molar-refractivity contribution in [2.45, 2.75) is 6.42 Å². The van der Waals surface area contributed by atoms with Crippen LogP contribution >= 0.6 is 15.9 Å². The molecule has 3 aromatic carbocycles. The maximum atomic E-state index is 3.58. The van der Waals surface area contributed by atoms with E-state index in [1.807, 2.05) is 0 Å². The van der Waals surface area contributed by atoms with Crippen molar-refractivity contribution in [1.29, 1.82) is 0 Å². The van der Waals surface area contributed by atoms with Crippen LogP contribution in [0.5, 0.6) is 0 Å². The van der Waals surface area contributed by atoms with E-state index in [0.717, 1.165) is 10.9 Å². The van der Waals surface area contributed by atoms with Gasteiger partial charge in [-0.05, 0) is 51.6 Å². The highest BCUT2D eigenvalue weighted by atomic mass is 79.9. The van der Waals surface area contributed by atoms with Crippen LogP contribution in [-0.2, 0) is 6.42 Å². The topological polar surface area (TPSA) is 0 Å². The lowest BCUT2D eigenvalue weighted by Crippen LogP contribution is -1.81. The Bertz CT molecular complexity index is 772. The zero-order valence-electron chi connectivity index (χ0n) is 9.78. The van der Waals surface area contributed by atoms with Crippen molar-refractivity contribution in [3.05, 3.63) is 70.2 Å². The molecule has 0 saturated heterocycles. The molecule has 0 saturated carbocycles.